The van der Waals surface area contributed by atoms with Crippen molar-refractivity contribution >= 4 is 0 Å². The highest BCUT2D eigenvalue weighted by Crippen LogP contribution is 2.41. The monoisotopic (exact) mass is 438 g/mol. The lowest BCUT2D eigenvalue weighted by Gasteiger charge is -2.36. The van der Waals surface area contributed by atoms with Gasteiger partial charge >= 0.3 is 0 Å². The minimum absolute atomic E-state index is 0.606. The van der Waals surface area contributed by atoms with Crippen LogP contribution in [0.2, 0.25) is 0 Å². The van der Waals surface area contributed by atoms with E-state index in [-0.39, 0.29) is 0 Å². The van der Waals surface area contributed by atoms with Crippen molar-refractivity contribution in [3.8, 4) is 5.75 Å². The van der Waals surface area contributed by atoms with Crippen LogP contribution in [0, 0.1) is 35.5 Å². The van der Waals surface area contributed by atoms with E-state index in [9.17, 15) is 0 Å². The minimum atomic E-state index is 0.606. The van der Waals surface area contributed by atoms with Gasteiger partial charge in [-0.2, -0.15) is 0 Å². The van der Waals surface area contributed by atoms with Crippen molar-refractivity contribution in [2.45, 2.75) is 105 Å². The normalized spacial score (nSPS) is 28.5. The van der Waals surface area contributed by atoms with Crippen LogP contribution in [0.25, 0.3) is 0 Å². The molecule has 2 atom stereocenters. The molecule has 32 heavy (non-hydrogen) atoms. The van der Waals surface area contributed by atoms with Crippen molar-refractivity contribution in [3.05, 3.63) is 42.0 Å². The van der Waals surface area contributed by atoms with Gasteiger partial charge in [-0.15, -0.1) is 0 Å². The zero-order valence-corrected chi connectivity index (χ0v) is 21.5. The molecule has 2 aliphatic carbocycles. The molecule has 0 spiro atoms. The molecule has 0 bridgehead atoms. The van der Waals surface area contributed by atoms with E-state index in [0.717, 1.165) is 42.4 Å². The molecule has 1 nitrogen and oxygen atoms in total. The van der Waals surface area contributed by atoms with Gasteiger partial charge < -0.3 is 4.74 Å². The van der Waals surface area contributed by atoms with Crippen molar-refractivity contribution in [3.63, 3.8) is 0 Å². The van der Waals surface area contributed by atoms with E-state index in [0.29, 0.717) is 11.8 Å². The van der Waals surface area contributed by atoms with E-state index in [1.54, 1.807) is 0 Å². The van der Waals surface area contributed by atoms with Crippen LogP contribution in [0.5, 0.6) is 5.75 Å². The van der Waals surface area contributed by atoms with Gasteiger partial charge in [-0.25, -0.2) is 0 Å². The summed E-state index contributed by atoms with van der Waals surface area (Å²) in [6.07, 6.45) is 21.8. The summed E-state index contributed by atoms with van der Waals surface area (Å²) in [5, 5.41) is 0. The molecular weight excluding hydrogens is 388 g/mol. The van der Waals surface area contributed by atoms with Gasteiger partial charge in [0.25, 0.3) is 0 Å². The molecule has 2 aliphatic rings. The Hall–Kier alpha value is -1.24. The van der Waals surface area contributed by atoms with E-state index < -0.39 is 0 Å². The molecule has 0 aromatic heterocycles. The fourth-order valence-corrected chi connectivity index (χ4v) is 5.92. The molecule has 0 aliphatic heterocycles. The lowest BCUT2D eigenvalue weighted by atomic mass is 9.69. The highest BCUT2D eigenvalue weighted by Gasteiger charge is 2.29. The number of benzene rings is 1. The van der Waals surface area contributed by atoms with Crippen LogP contribution in [-0.4, -0.2) is 6.61 Å². The molecule has 0 saturated heterocycles. The highest BCUT2D eigenvalue weighted by molar-refractivity contribution is 5.27. The summed E-state index contributed by atoms with van der Waals surface area (Å²) in [4.78, 5) is 0. The van der Waals surface area contributed by atoms with Crippen molar-refractivity contribution in [1.29, 1.82) is 0 Å². The van der Waals surface area contributed by atoms with Crippen LogP contribution in [0.3, 0.4) is 0 Å². The van der Waals surface area contributed by atoms with Gasteiger partial charge in [0.05, 0.1) is 6.61 Å². The number of aryl methyl sites for hydroxylation is 1. The van der Waals surface area contributed by atoms with Crippen molar-refractivity contribution in [1.82, 2.24) is 0 Å². The summed E-state index contributed by atoms with van der Waals surface area (Å²) in [5.41, 5.74) is 1.41. The van der Waals surface area contributed by atoms with Crippen LogP contribution in [0.15, 0.2) is 36.4 Å². The SMILES string of the molecule is CCCc1ccc(OCC(C)CCC(C)/C=C/C2CCC(C3CCC(C)CC3)CC2)cc1. The average Bonchev–Trinajstić information content (AvgIpc) is 2.82. The zero-order chi connectivity index (χ0) is 22.8. The standard InChI is InChI=1S/C31H50O/c1-5-6-27-15-21-31(22-16-27)32-23-26(4)8-7-24(2)9-12-28-13-19-30(20-14-28)29-17-10-25(3)11-18-29/h9,12,15-16,21-22,24-26,28-30H,5-8,10-11,13-14,17-20,23H2,1-4H3/b12-9+. The summed E-state index contributed by atoms with van der Waals surface area (Å²) in [5.74, 6) is 6.22. The molecule has 0 radical (unpaired) electrons. The molecule has 1 heteroatoms. The van der Waals surface area contributed by atoms with Crippen LogP contribution in [0.1, 0.15) is 104 Å². The number of hydrogen-bond acceptors (Lipinski definition) is 1. The number of ether oxygens (including phenoxy) is 1. The third-order valence-corrected chi connectivity index (χ3v) is 8.37. The molecule has 2 saturated carbocycles. The van der Waals surface area contributed by atoms with Gasteiger partial charge in [0.15, 0.2) is 0 Å². The minimum Gasteiger partial charge on any atom is -0.493 e. The predicted octanol–water partition coefficient (Wildman–Crippen LogP) is 9.26. The van der Waals surface area contributed by atoms with Crippen LogP contribution in [0.4, 0.5) is 0 Å². The quantitative estimate of drug-likeness (QED) is 0.313. The second-order valence-corrected chi connectivity index (χ2v) is 11.4. The summed E-state index contributed by atoms with van der Waals surface area (Å²) < 4.78 is 6.04. The Morgan fingerprint density at radius 1 is 0.875 bits per heavy atom. The Balaban J connectivity index is 1.28. The summed E-state index contributed by atoms with van der Waals surface area (Å²) in [7, 11) is 0. The average molecular weight is 439 g/mol. The van der Waals surface area contributed by atoms with Crippen LogP contribution in [-0.2, 0) is 6.42 Å². The maximum absolute atomic E-state index is 6.04. The van der Waals surface area contributed by atoms with E-state index in [1.807, 2.05) is 0 Å². The summed E-state index contributed by atoms with van der Waals surface area (Å²) >= 11 is 0. The fourth-order valence-electron chi connectivity index (χ4n) is 5.92. The number of rotatable bonds is 11. The maximum atomic E-state index is 6.04. The van der Waals surface area contributed by atoms with Gasteiger partial charge in [0.2, 0.25) is 0 Å². The van der Waals surface area contributed by atoms with Crippen LogP contribution < -0.4 is 4.74 Å². The number of hydrogen-bond donors (Lipinski definition) is 0. The molecular formula is C31H50O. The van der Waals surface area contributed by atoms with Crippen LogP contribution >= 0.6 is 0 Å². The molecule has 3 rings (SSSR count). The van der Waals surface area contributed by atoms with Crippen molar-refractivity contribution in [2.24, 2.45) is 35.5 Å². The first-order chi connectivity index (χ1) is 15.5. The molecule has 2 fully saturated rings. The molecule has 0 N–H and O–H groups in total. The van der Waals surface area contributed by atoms with E-state index in [2.05, 4.69) is 64.1 Å². The van der Waals surface area contributed by atoms with Crippen molar-refractivity contribution < 1.29 is 4.74 Å². The molecule has 1 aromatic rings. The van der Waals surface area contributed by atoms with Gasteiger partial charge in [-0.1, -0.05) is 71.2 Å². The summed E-state index contributed by atoms with van der Waals surface area (Å²) in [6.45, 7) is 10.2. The van der Waals surface area contributed by atoms with Gasteiger partial charge in [-0.05, 0) is 111 Å². The Labute approximate surface area is 199 Å². The lowest BCUT2D eigenvalue weighted by molar-refractivity contribution is 0.160. The first-order valence-corrected chi connectivity index (χ1v) is 13.9. The summed E-state index contributed by atoms with van der Waals surface area (Å²) in [6, 6.07) is 8.68. The topological polar surface area (TPSA) is 9.23 Å². The largest absolute Gasteiger partial charge is 0.493 e. The second kappa shape index (κ2) is 13.5. The van der Waals surface area contributed by atoms with Crippen molar-refractivity contribution in [2.75, 3.05) is 6.61 Å². The Bertz CT molecular complexity index is 644. The lowest BCUT2D eigenvalue weighted by Crippen LogP contribution is -2.24. The molecule has 0 amide bonds. The highest BCUT2D eigenvalue weighted by atomic mass is 16.5. The Kier molecular flexibility index (Phi) is 10.7. The first-order valence-electron chi connectivity index (χ1n) is 13.9. The third-order valence-electron chi connectivity index (χ3n) is 8.37. The first kappa shape index (κ1) is 25.4. The molecule has 2 unspecified atom stereocenters. The molecule has 1 aromatic carbocycles. The number of allylic oxidation sites excluding steroid dienone is 2. The fraction of sp³-hybridized carbons (Fsp3) is 0.742. The van der Waals surface area contributed by atoms with Gasteiger partial charge in [0, 0.05) is 0 Å². The Morgan fingerprint density at radius 3 is 2.12 bits per heavy atom. The van der Waals surface area contributed by atoms with E-state index in [1.165, 1.54) is 76.2 Å². The third kappa shape index (κ3) is 8.60. The zero-order valence-electron chi connectivity index (χ0n) is 21.5. The maximum Gasteiger partial charge on any atom is 0.119 e. The van der Waals surface area contributed by atoms with E-state index >= 15 is 0 Å². The Morgan fingerprint density at radius 2 is 1.50 bits per heavy atom. The van der Waals surface area contributed by atoms with Gasteiger partial charge in [0.1, 0.15) is 5.75 Å². The predicted molar refractivity (Wildman–Crippen MR) is 139 cm³/mol. The molecule has 0 heterocycles. The van der Waals surface area contributed by atoms with E-state index in [4.69, 9.17) is 4.74 Å². The van der Waals surface area contributed by atoms with Gasteiger partial charge in [-0.3, -0.25) is 0 Å². The second-order valence-electron chi connectivity index (χ2n) is 11.4. The smallest absolute Gasteiger partial charge is 0.119 e. The molecule has 180 valence electrons.